The van der Waals surface area contributed by atoms with E-state index < -0.39 is 0 Å². The van der Waals surface area contributed by atoms with Crippen LogP contribution in [0.1, 0.15) is 66.7 Å². The molecule has 0 unspecified atom stereocenters. The SMILES string of the molecule is CCCCCCCOc1ccc(C(=O)NC(=S)Nc2ccccc2C(=O)NCC)cc1. The van der Waals surface area contributed by atoms with Crippen LogP contribution in [0.2, 0.25) is 0 Å². The summed E-state index contributed by atoms with van der Waals surface area (Å²) in [7, 11) is 0. The Labute approximate surface area is 189 Å². The number of unbranched alkanes of at least 4 members (excludes halogenated alkanes) is 4. The fourth-order valence-electron chi connectivity index (χ4n) is 2.97. The fourth-order valence-corrected chi connectivity index (χ4v) is 3.18. The Balaban J connectivity index is 1.85. The van der Waals surface area contributed by atoms with Crippen LogP contribution in [0, 0.1) is 0 Å². The van der Waals surface area contributed by atoms with E-state index >= 15 is 0 Å². The van der Waals surface area contributed by atoms with Gasteiger partial charge in [-0.05, 0) is 62.0 Å². The standard InChI is InChI=1S/C24H31N3O3S/c1-3-5-6-7-10-17-30-19-15-13-18(14-16-19)22(28)27-24(31)26-21-12-9-8-11-20(21)23(29)25-4-2/h8-9,11-16H,3-7,10,17H2,1-2H3,(H,25,29)(H2,26,27,28,31). The van der Waals surface area contributed by atoms with E-state index in [0.717, 1.165) is 12.2 Å². The predicted molar refractivity (Wildman–Crippen MR) is 129 cm³/mol. The molecule has 6 nitrogen and oxygen atoms in total. The van der Waals surface area contributed by atoms with Gasteiger partial charge in [0.2, 0.25) is 0 Å². The average Bonchev–Trinajstić information content (AvgIpc) is 2.77. The van der Waals surface area contributed by atoms with Crippen molar-refractivity contribution in [1.82, 2.24) is 10.6 Å². The number of amides is 2. The summed E-state index contributed by atoms with van der Waals surface area (Å²) >= 11 is 5.25. The van der Waals surface area contributed by atoms with Crippen molar-refractivity contribution in [2.75, 3.05) is 18.5 Å². The molecule has 0 aromatic heterocycles. The first kappa shape index (κ1) is 24.3. The van der Waals surface area contributed by atoms with Crippen molar-refractivity contribution in [3.63, 3.8) is 0 Å². The Kier molecular flexibility index (Phi) is 10.5. The highest BCUT2D eigenvalue weighted by molar-refractivity contribution is 7.80. The van der Waals surface area contributed by atoms with Crippen LogP contribution in [0.3, 0.4) is 0 Å². The van der Waals surface area contributed by atoms with E-state index in [1.54, 1.807) is 48.5 Å². The van der Waals surface area contributed by atoms with Gasteiger partial charge in [-0.2, -0.15) is 0 Å². The lowest BCUT2D eigenvalue weighted by atomic mass is 10.1. The molecule has 0 heterocycles. The molecule has 2 aromatic carbocycles. The van der Waals surface area contributed by atoms with Crippen LogP contribution in [-0.2, 0) is 0 Å². The fraction of sp³-hybridized carbons (Fsp3) is 0.375. The number of thiocarbonyl (C=S) groups is 1. The van der Waals surface area contributed by atoms with Crippen molar-refractivity contribution in [2.24, 2.45) is 0 Å². The quantitative estimate of drug-likeness (QED) is 0.341. The highest BCUT2D eigenvalue weighted by Gasteiger charge is 2.13. The highest BCUT2D eigenvalue weighted by atomic mass is 32.1. The van der Waals surface area contributed by atoms with Gasteiger partial charge in [-0.1, -0.05) is 44.7 Å². The van der Waals surface area contributed by atoms with Crippen molar-refractivity contribution in [3.05, 3.63) is 59.7 Å². The van der Waals surface area contributed by atoms with Crippen molar-refractivity contribution in [2.45, 2.75) is 46.0 Å². The number of anilines is 1. The second kappa shape index (κ2) is 13.4. The minimum absolute atomic E-state index is 0.120. The molecular weight excluding hydrogens is 410 g/mol. The number of hydrogen-bond acceptors (Lipinski definition) is 4. The van der Waals surface area contributed by atoms with Crippen LogP contribution in [0.15, 0.2) is 48.5 Å². The van der Waals surface area contributed by atoms with Gasteiger partial charge in [0.15, 0.2) is 5.11 Å². The Morgan fingerprint density at radius 1 is 0.903 bits per heavy atom. The zero-order valence-electron chi connectivity index (χ0n) is 18.2. The molecule has 31 heavy (non-hydrogen) atoms. The van der Waals surface area contributed by atoms with E-state index in [1.165, 1.54) is 25.7 Å². The molecule has 2 rings (SSSR count). The van der Waals surface area contributed by atoms with Crippen molar-refractivity contribution in [1.29, 1.82) is 0 Å². The molecule has 166 valence electrons. The maximum absolute atomic E-state index is 12.5. The summed E-state index contributed by atoms with van der Waals surface area (Å²) in [6.07, 6.45) is 5.92. The number of benzene rings is 2. The number of hydrogen-bond donors (Lipinski definition) is 3. The minimum Gasteiger partial charge on any atom is -0.494 e. The second-order valence-electron chi connectivity index (χ2n) is 7.10. The van der Waals surface area contributed by atoms with Crippen LogP contribution in [0.25, 0.3) is 0 Å². The van der Waals surface area contributed by atoms with E-state index in [2.05, 4.69) is 22.9 Å². The lowest BCUT2D eigenvalue weighted by Crippen LogP contribution is -2.35. The Bertz CT molecular complexity index is 869. The number of carbonyl (C=O) groups is 2. The third-order valence-electron chi connectivity index (χ3n) is 4.62. The predicted octanol–water partition coefficient (Wildman–Crippen LogP) is 4.91. The van der Waals surface area contributed by atoms with Gasteiger partial charge in [-0.25, -0.2) is 0 Å². The smallest absolute Gasteiger partial charge is 0.257 e. The number of nitrogens with one attached hydrogen (secondary N) is 3. The first-order valence-electron chi connectivity index (χ1n) is 10.8. The van der Waals surface area contributed by atoms with E-state index in [1.807, 2.05) is 6.92 Å². The van der Waals surface area contributed by atoms with Crippen molar-refractivity contribution in [3.8, 4) is 5.75 Å². The van der Waals surface area contributed by atoms with Gasteiger partial charge in [0.1, 0.15) is 5.75 Å². The van der Waals surface area contributed by atoms with Crippen LogP contribution in [0.4, 0.5) is 5.69 Å². The highest BCUT2D eigenvalue weighted by Crippen LogP contribution is 2.16. The van der Waals surface area contributed by atoms with E-state index in [9.17, 15) is 9.59 Å². The molecule has 7 heteroatoms. The summed E-state index contributed by atoms with van der Waals surface area (Å²) in [5.41, 5.74) is 1.45. The maximum atomic E-state index is 12.5. The molecule has 0 bridgehead atoms. The van der Waals surface area contributed by atoms with E-state index in [4.69, 9.17) is 17.0 Å². The third-order valence-corrected chi connectivity index (χ3v) is 4.82. The lowest BCUT2D eigenvalue weighted by molar-refractivity contribution is 0.0954. The van der Waals surface area contributed by atoms with Crippen LogP contribution < -0.4 is 20.7 Å². The molecule has 3 N–H and O–H groups in total. The summed E-state index contributed by atoms with van der Waals surface area (Å²) < 4.78 is 5.73. The van der Waals surface area contributed by atoms with Gasteiger partial charge in [-0.15, -0.1) is 0 Å². The summed E-state index contributed by atoms with van der Waals surface area (Å²) in [5, 5.41) is 8.44. The van der Waals surface area contributed by atoms with E-state index in [0.29, 0.717) is 30.0 Å². The van der Waals surface area contributed by atoms with Gasteiger partial charge in [0.05, 0.1) is 17.9 Å². The molecule has 0 aliphatic rings. The molecule has 0 aliphatic heterocycles. The zero-order chi connectivity index (χ0) is 22.5. The third kappa shape index (κ3) is 8.38. The largest absolute Gasteiger partial charge is 0.494 e. The molecule has 0 aliphatic carbocycles. The average molecular weight is 442 g/mol. The normalized spacial score (nSPS) is 10.3. The summed E-state index contributed by atoms with van der Waals surface area (Å²) in [6.45, 7) is 5.24. The van der Waals surface area contributed by atoms with Crippen LogP contribution in [0.5, 0.6) is 5.75 Å². The van der Waals surface area contributed by atoms with Gasteiger partial charge >= 0.3 is 0 Å². The number of carbonyl (C=O) groups excluding carboxylic acids is 2. The van der Waals surface area contributed by atoms with Crippen LogP contribution >= 0.6 is 12.2 Å². The first-order valence-corrected chi connectivity index (χ1v) is 11.2. The molecule has 0 saturated carbocycles. The molecule has 0 saturated heterocycles. The Hall–Kier alpha value is -2.93. The monoisotopic (exact) mass is 441 g/mol. The molecule has 2 aromatic rings. The van der Waals surface area contributed by atoms with Gasteiger partial charge in [-0.3, -0.25) is 14.9 Å². The van der Waals surface area contributed by atoms with Gasteiger partial charge in [0, 0.05) is 12.1 Å². The van der Waals surface area contributed by atoms with E-state index in [-0.39, 0.29) is 16.9 Å². The molecule has 0 fully saturated rings. The number of ether oxygens (including phenoxy) is 1. The van der Waals surface area contributed by atoms with Gasteiger partial charge in [0.25, 0.3) is 11.8 Å². The summed E-state index contributed by atoms with van der Waals surface area (Å²) in [4.78, 5) is 24.6. The molecule has 0 spiro atoms. The molecule has 2 amide bonds. The minimum atomic E-state index is -0.334. The van der Waals surface area contributed by atoms with Crippen molar-refractivity contribution < 1.29 is 14.3 Å². The topological polar surface area (TPSA) is 79.5 Å². The lowest BCUT2D eigenvalue weighted by Gasteiger charge is -2.13. The number of rotatable bonds is 11. The zero-order valence-corrected chi connectivity index (χ0v) is 19.0. The van der Waals surface area contributed by atoms with Gasteiger partial charge < -0.3 is 15.4 Å². The molecule has 0 atom stereocenters. The Morgan fingerprint density at radius 3 is 2.32 bits per heavy atom. The number of para-hydroxylation sites is 1. The summed E-state index contributed by atoms with van der Waals surface area (Å²) in [5.74, 6) is 0.198. The summed E-state index contributed by atoms with van der Waals surface area (Å²) in [6, 6.07) is 13.9. The maximum Gasteiger partial charge on any atom is 0.257 e. The van der Waals surface area contributed by atoms with Crippen LogP contribution in [-0.4, -0.2) is 30.1 Å². The molecular formula is C24H31N3O3S. The molecule has 0 radical (unpaired) electrons. The first-order chi connectivity index (χ1) is 15.0. The second-order valence-corrected chi connectivity index (χ2v) is 7.51. The Morgan fingerprint density at radius 2 is 1.61 bits per heavy atom. The van der Waals surface area contributed by atoms with Crippen molar-refractivity contribution >= 4 is 34.8 Å².